The Morgan fingerprint density at radius 3 is 2.80 bits per heavy atom. The highest BCUT2D eigenvalue weighted by Gasteiger charge is 2.16. The Morgan fingerprint density at radius 2 is 2.40 bits per heavy atom. The van der Waals surface area contributed by atoms with Gasteiger partial charge in [-0.3, -0.25) is 0 Å². The average Bonchev–Trinajstić information content (AvgIpc) is 1.98. The number of carbonyl (C=O) groups is 1. The van der Waals surface area contributed by atoms with Gasteiger partial charge in [0.05, 0.1) is 13.2 Å². The van der Waals surface area contributed by atoms with Gasteiger partial charge in [-0.05, 0) is 6.42 Å². The van der Waals surface area contributed by atoms with Gasteiger partial charge in [0, 0.05) is 0 Å². The van der Waals surface area contributed by atoms with Crippen molar-refractivity contribution >= 4 is 5.97 Å². The fourth-order valence-electron chi connectivity index (χ4n) is 0.368. The Balaban J connectivity index is 3.42. The van der Waals surface area contributed by atoms with Crippen LogP contribution in [0.25, 0.3) is 0 Å². The second kappa shape index (κ2) is 5.17. The first-order valence-corrected chi connectivity index (χ1v) is 3.14. The molecule has 1 N–H and O–H groups in total. The number of hydrogen-bond donors (Lipinski definition) is 1. The highest BCUT2D eigenvalue weighted by Crippen LogP contribution is 1.93. The molecule has 0 bridgehead atoms. The van der Waals surface area contributed by atoms with Crippen molar-refractivity contribution in [2.24, 2.45) is 0 Å². The first-order chi connectivity index (χ1) is 4.72. The Labute approximate surface area is 58.8 Å². The van der Waals surface area contributed by atoms with Crippen LogP contribution in [0.5, 0.6) is 0 Å². The maximum Gasteiger partial charge on any atom is 0.343 e. The minimum absolute atomic E-state index is 0.208. The minimum Gasteiger partial charge on any atom is -0.463 e. The van der Waals surface area contributed by atoms with Gasteiger partial charge in [-0.2, -0.15) is 0 Å². The number of carbonyl (C=O) groups excluding carboxylic acids is 1. The first kappa shape index (κ1) is 9.36. The van der Waals surface area contributed by atoms with Crippen molar-refractivity contribution in [1.29, 1.82) is 0 Å². The molecule has 0 saturated carbocycles. The topological polar surface area (TPSA) is 46.5 Å². The smallest absolute Gasteiger partial charge is 0.343 e. The van der Waals surface area contributed by atoms with E-state index in [1.165, 1.54) is 0 Å². The SMILES string of the molecule is CCCOC(=O)C(F)CO. The van der Waals surface area contributed by atoms with Gasteiger partial charge in [0.15, 0.2) is 0 Å². The fraction of sp³-hybridized carbons (Fsp3) is 0.833. The van der Waals surface area contributed by atoms with Gasteiger partial charge in [0.1, 0.15) is 0 Å². The largest absolute Gasteiger partial charge is 0.463 e. The summed E-state index contributed by atoms with van der Waals surface area (Å²) in [7, 11) is 0. The lowest BCUT2D eigenvalue weighted by Gasteiger charge is -2.03. The highest BCUT2D eigenvalue weighted by molar-refractivity contribution is 5.74. The summed E-state index contributed by atoms with van der Waals surface area (Å²) in [5.74, 6) is -0.982. The molecule has 0 saturated heterocycles. The van der Waals surface area contributed by atoms with Crippen molar-refractivity contribution in [3.63, 3.8) is 0 Å². The van der Waals surface area contributed by atoms with Crippen LogP contribution >= 0.6 is 0 Å². The summed E-state index contributed by atoms with van der Waals surface area (Å²) in [5, 5.41) is 8.13. The zero-order valence-electron chi connectivity index (χ0n) is 5.84. The lowest BCUT2D eigenvalue weighted by atomic mass is 10.4. The molecule has 1 unspecified atom stereocenters. The second-order valence-corrected chi connectivity index (χ2v) is 1.82. The zero-order valence-corrected chi connectivity index (χ0v) is 5.84. The van der Waals surface area contributed by atoms with Gasteiger partial charge in [-0.15, -0.1) is 0 Å². The molecule has 4 heteroatoms. The monoisotopic (exact) mass is 150 g/mol. The van der Waals surface area contributed by atoms with Gasteiger partial charge in [0.2, 0.25) is 6.17 Å². The van der Waals surface area contributed by atoms with Crippen molar-refractivity contribution in [2.45, 2.75) is 19.5 Å². The molecule has 0 aliphatic heterocycles. The van der Waals surface area contributed by atoms with Gasteiger partial charge < -0.3 is 9.84 Å². The molecule has 10 heavy (non-hydrogen) atoms. The van der Waals surface area contributed by atoms with E-state index in [0.29, 0.717) is 6.42 Å². The van der Waals surface area contributed by atoms with Crippen LogP contribution in [0.15, 0.2) is 0 Å². The van der Waals surface area contributed by atoms with Crippen LogP contribution in [0.2, 0.25) is 0 Å². The third-order valence-corrected chi connectivity index (χ3v) is 0.864. The third kappa shape index (κ3) is 3.40. The summed E-state index contributed by atoms with van der Waals surface area (Å²) < 4.78 is 16.5. The number of ether oxygens (including phenoxy) is 1. The standard InChI is InChI=1S/C6H11FO3/c1-2-3-10-6(9)5(7)4-8/h5,8H,2-4H2,1H3. The van der Waals surface area contributed by atoms with Crippen LogP contribution in [0.3, 0.4) is 0 Å². The van der Waals surface area contributed by atoms with E-state index in [0.717, 1.165) is 0 Å². The molecule has 0 fully saturated rings. The number of hydrogen-bond acceptors (Lipinski definition) is 3. The molecule has 0 radical (unpaired) electrons. The molecule has 60 valence electrons. The molecule has 0 amide bonds. The highest BCUT2D eigenvalue weighted by atomic mass is 19.1. The molecule has 3 nitrogen and oxygen atoms in total. The average molecular weight is 150 g/mol. The molecule has 0 aromatic carbocycles. The quantitative estimate of drug-likeness (QED) is 0.585. The Kier molecular flexibility index (Phi) is 4.84. The maximum absolute atomic E-state index is 12.1. The number of halogens is 1. The molecular formula is C6H11FO3. The van der Waals surface area contributed by atoms with Crippen molar-refractivity contribution in [3.05, 3.63) is 0 Å². The minimum atomic E-state index is -1.88. The van der Waals surface area contributed by atoms with E-state index in [1.807, 2.05) is 0 Å². The second-order valence-electron chi connectivity index (χ2n) is 1.82. The Bertz CT molecular complexity index is 105. The molecule has 0 heterocycles. The molecule has 0 rings (SSSR count). The van der Waals surface area contributed by atoms with Crippen LogP contribution in [-0.2, 0) is 9.53 Å². The van der Waals surface area contributed by atoms with Crippen molar-refractivity contribution < 1.29 is 19.0 Å². The summed E-state index contributed by atoms with van der Waals surface area (Å²) in [6.07, 6.45) is -1.23. The van der Waals surface area contributed by atoms with E-state index in [9.17, 15) is 9.18 Å². The first-order valence-electron chi connectivity index (χ1n) is 3.14. The van der Waals surface area contributed by atoms with E-state index in [2.05, 4.69) is 4.74 Å². The molecule has 0 aromatic rings. The van der Waals surface area contributed by atoms with Gasteiger partial charge in [-0.1, -0.05) is 6.92 Å². The zero-order chi connectivity index (χ0) is 7.98. The molecule has 1 atom stereocenters. The number of esters is 1. The van der Waals surface area contributed by atoms with Crippen LogP contribution in [0.4, 0.5) is 4.39 Å². The summed E-state index contributed by atoms with van der Waals surface area (Å²) in [6, 6.07) is 0. The summed E-state index contributed by atoms with van der Waals surface area (Å²) >= 11 is 0. The molecular weight excluding hydrogens is 139 g/mol. The van der Waals surface area contributed by atoms with Gasteiger partial charge in [-0.25, -0.2) is 9.18 Å². The number of rotatable bonds is 4. The molecule has 0 aromatic heterocycles. The van der Waals surface area contributed by atoms with Crippen LogP contribution in [0, 0.1) is 0 Å². The summed E-state index contributed by atoms with van der Waals surface area (Å²) in [4.78, 5) is 10.4. The lowest BCUT2D eigenvalue weighted by Crippen LogP contribution is -2.22. The predicted molar refractivity (Wildman–Crippen MR) is 33.2 cm³/mol. The Morgan fingerprint density at radius 1 is 1.80 bits per heavy atom. The van der Waals surface area contributed by atoms with E-state index in [-0.39, 0.29) is 6.61 Å². The summed E-state index contributed by atoms with van der Waals surface area (Å²) in [6.45, 7) is 1.21. The van der Waals surface area contributed by atoms with Crippen molar-refractivity contribution in [1.82, 2.24) is 0 Å². The van der Waals surface area contributed by atoms with E-state index < -0.39 is 18.7 Å². The number of aliphatic hydroxyl groups is 1. The number of alkyl halides is 1. The molecule has 0 spiro atoms. The Hall–Kier alpha value is -0.640. The van der Waals surface area contributed by atoms with Crippen LogP contribution < -0.4 is 0 Å². The maximum atomic E-state index is 12.1. The van der Waals surface area contributed by atoms with Gasteiger partial charge >= 0.3 is 5.97 Å². The normalized spacial score (nSPS) is 12.7. The molecule has 0 aliphatic rings. The van der Waals surface area contributed by atoms with Crippen molar-refractivity contribution in [3.8, 4) is 0 Å². The van der Waals surface area contributed by atoms with Gasteiger partial charge in [0.25, 0.3) is 0 Å². The van der Waals surface area contributed by atoms with E-state index >= 15 is 0 Å². The predicted octanol–water partition coefficient (Wildman–Crippen LogP) is 0.270. The molecule has 0 aliphatic carbocycles. The fourth-order valence-corrected chi connectivity index (χ4v) is 0.368. The van der Waals surface area contributed by atoms with Crippen molar-refractivity contribution in [2.75, 3.05) is 13.2 Å². The van der Waals surface area contributed by atoms with Crippen LogP contribution in [-0.4, -0.2) is 30.5 Å². The summed E-state index contributed by atoms with van der Waals surface area (Å²) in [5.41, 5.74) is 0. The van der Waals surface area contributed by atoms with E-state index in [1.54, 1.807) is 6.92 Å². The van der Waals surface area contributed by atoms with E-state index in [4.69, 9.17) is 5.11 Å². The third-order valence-electron chi connectivity index (χ3n) is 0.864. The number of aliphatic hydroxyl groups excluding tert-OH is 1. The lowest BCUT2D eigenvalue weighted by molar-refractivity contribution is -0.151. The van der Waals surface area contributed by atoms with Crippen LogP contribution in [0.1, 0.15) is 13.3 Å².